The number of hydrogen-bond donors (Lipinski definition) is 2. The van der Waals surface area contributed by atoms with Gasteiger partial charge in [0.05, 0.1) is 5.56 Å². The predicted molar refractivity (Wildman–Crippen MR) is 80.3 cm³/mol. The first-order valence-corrected chi connectivity index (χ1v) is 6.81. The van der Waals surface area contributed by atoms with Crippen molar-refractivity contribution < 1.29 is 9.90 Å². The highest BCUT2D eigenvalue weighted by Crippen LogP contribution is 2.10. The molecule has 0 aliphatic rings. The van der Waals surface area contributed by atoms with Crippen LogP contribution in [0.4, 0.5) is 0 Å². The number of aromatic carboxylic acids is 1. The standard InChI is InChI=1S/C16H16ClNO2/c17-14-7-5-12(6-8-14)9-10-18-11-13-3-1-2-4-15(13)16(19)20/h1-8,18H,9-11H2,(H,19,20). The van der Waals surface area contributed by atoms with Crippen molar-refractivity contribution in [1.82, 2.24) is 5.32 Å². The molecule has 0 aliphatic carbocycles. The molecule has 20 heavy (non-hydrogen) atoms. The molecule has 0 fully saturated rings. The highest BCUT2D eigenvalue weighted by molar-refractivity contribution is 6.30. The van der Waals surface area contributed by atoms with Crippen molar-refractivity contribution in [3.05, 3.63) is 70.2 Å². The van der Waals surface area contributed by atoms with Gasteiger partial charge in [0.1, 0.15) is 0 Å². The summed E-state index contributed by atoms with van der Waals surface area (Å²) in [6.45, 7) is 1.34. The molecule has 0 aromatic heterocycles. The molecule has 0 radical (unpaired) electrons. The van der Waals surface area contributed by atoms with Crippen LogP contribution in [-0.2, 0) is 13.0 Å². The van der Waals surface area contributed by atoms with Gasteiger partial charge in [-0.05, 0) is 42.3 Å². The molecule has 0 aliphatic heterocycles. The van der Waals surface area contributed by atoms with Gasteiger partial charge in [-0.3, -0.25) is 0 Å². The first-order valence-electron chi connectivity index (χ1n) is 6.43. The average Bonchev–Trinajstić information content (AvgIpc) is 2.46. The minimum Gasteiger partial charge on any atom is -0.478 e. The van der Waals surface area contributed by atoms with Crippen molar-refractivity contribution in [1.29, 1.82) is 0 Å². The molecule has 0 unspecified atom stereocenters. The summed E-state index contributed by atoms with van der Waals surface area (Å²) >= 11 is 5.83. The minimum atomic E-state index is -0.889. The second-order valence-electron chi connectivity index (χ2n) is 4.52. The van der Waals surface area contributed by atoms with Crippen molar-refractivity contribution in [3.8, 4) is 0 Å². The van der Waals surface area contributed by atoms with E-state index in [-0.39, 0.29) is 0 Å². The number of hydrogen-bond acceptors (Lipinski definition) is 2. The number of nitrogens with one attached hydrogen (secondary N) is 1. The number of halogens is 1. The molecule has 104 valence electrons. The van der Waals surface area contributed by atoms with E-state index in [0.717, 1.165) is 23.6 Å². The lowest BCUT2D eigenvalue weighted by Gasteiger charge is -2.08. The van der Waals surface area contributed by atoms with E-state index in [2.05, 4.69) is 5.32 Å². The van der Waals surface area contributed by atoms with Crippen LogP contribution in [0.25, 0.3) is 0 Å². The van der Waals surface area contributed by atoms with Crippen LogP contribution in [0.15, 0.2) is 48.5 Å². The van der Waals surface area contributed by atoms with E-state index >= 15 is 0 Å². The fourth-order valence-corrected chi connectivity index (χ4v) is 2.12. The maximum absolute atomic E-state index is 11.1. The number of carboxylic acid groups (broad SMARTS) is 1. The van der Waals surface area contributed by atoms with E-state index in [1.165, 1.54) is 5.56 Å². The molecule has 3 nitrogen and oxygen atoms in total. The van der Waals surface area contributed by atoms with E-state index < -0.39 is 5.97 Å². The van der Waals surface area contributed by atoms with Gasteiger partial charge in [0, 0.05) is 11.6 Å². The maximum atomic E-state index is 11.1. The van der Waals surface area contributed by atoms with E-state index in [1.54, 1.807) is 12.1 Å². The van der Waals surface area contributed by atoms with Crippen LogP contribution in [0.5, 0.6) is 0 Å². The number of rotatable bonds is 6. The quantitative estimate of drug-likeness (QED) is 0.802. The van der Waals surface area contributed by atoms with Gasteiger partial charge >= 0.3 is 5.97 Å². The molecule has 0 saturated carbocycles. The van der Waals surface area contributed by atoms with Gasteiger partial charge < -0.3 is 10.4 Å². The summed E-state index contributed by atoms with van der Waals surface area (Å²) < 4.78 is 0. The number of benzene rings is 2. The Hall–Kier alpha value is -1.84. The average molecular weight is 290 g/mol. The van der Waals surface area contributed by atoms with Crippen LogP contribution < -0.4 is 5.32 Å². The molecule has 0 bridgehead atoms. The molecule has 2 aromatic rings. The van der Waals surface area contributed by atoms with E-state index in [0.29, 0.717) is 12.1 Å². The summed E-state index contributed by atoms with van der Waals surface area (Å²) in [4.78, 5) is 11.1. The third-order valence-corrected chi connectivity index (χ3v) is 3.32. The van der Waals surface area contributed by atoms with Gasteiger partial charge in [0.2, 0.25) is 0 Å². The molecule has 4 heteroatoms. The van der Waals surface area contributed by atoms with Crippen LogP contribution in [0, 0.1) is 0 Å². The number of carboxylic acids is 1. The Morgan fingerprint density at radius 2 is 1.80 bits per heavy atom. The van der Waals surface area contributed by atoms with Crippen LogP contribution in [0.2, 0.25) is 5.02 Å². The minimum absolute atomic E-state index is 0.353. The predicted octanol–water partition coefficient (Wildman–Crippen LogP) is 3.37. The lowest BCUT2D eigenvalue weighted by Crippen LogP contribution is -2.18. The van der Waals surface area contributed by atoms with Crippen LogP contribution in [-0.4, -0.2) is 17.6 Å². The summed E-state index contributed by atoms with van der Waals surface area (Å²) in [5.74, 6) is -0.889. The van der Waals surface area contributed by atoms with Gasteiger partial charge in [-0.15, -0.1) is 0 Å². The Balaban J connectivity index is 1.84. The molecule has 0 atom stereocenters. The summed E-state index contributed by atoms with van der Waals surface area (Å²) in [5.41, 5.74) is 2.36. The maximum Gasteiger partial charge on any atom is 0.336 e. The van der Waals surface area contributed by atoms with Crippen molar-refractivity contribution in [2.75, 3.05) is 6.54 Å². The van der Waals surface area contributed by atoms with Gasteiger partial charge in [0.15, 0.2) is 0 Å². The third-order valence-electron chi connectivity index (χ3n) is 3.07. The molecule has 0 spiro atoms. The lowest BCUT2D eigenvalue weighted by atomic mass is 10.1. The van der Waals surface area contributed by atoms with Crippen LogP contribution in [0.3, 0.4) is 0 Å². The molecule has 2 rings (SSSR count). The molecule has 2 N–H and O–H groups in total. The Morgan fingerprint density at radius 1 is 1.10 bits per heavy atom. The van der Waals surface area contributed by atoms with Crippen molar-refractivity contribution in [3.63, 3.8) is 0 Å². The summed E-state index contributed by atoms with van der Waals surface area (Å²) in [6, 6.07) is 14.8. The summed E-state index contributed by atoms with van der Waals surface area (Å²) in [6.07, 6.45) is 0.881. The van der Waals surface area contributed by atoms with Crippen molar-refractivity contribution in [2.24, 2.45) is 0 Å². The Labute approximate surface area is 123 Å². The van der Waals surface area contributed by atoms with E-state index in [4.69, 9.17) is 16.7 Å². The molecule has 0 heterocycles. The summed E-state index contributed by atoms with van der Waals surface area (Å²) in [7, 11) is 0. The van der Waals surface area contributed by atoms with Crippen molar-refractivity contribution in [2.45, 2.75) is 13.0 Å². The van der Waals surface area contributed by atoms with Crippen LogP contribution in [0.1, 0.15) is 21.5 Å². The SMILES string of the molecule is O=C(O)c1ccccc1CNCCc1ccc(Cl)cc1. The molecular weight excluding hydrogens is 274 g/mol. The van der Waals surface area contributed by atoms with Gasteiger partial charge in [-0.2, -0.15) is 0 Å². The molecular formula is C16H16ClNO2. The molecule has 2 aromatic carbocycles. The third kappa shape index (κ3) is 4.08. The Bertz CT molecular complexity index is 581. The largest absolute Gasteiger partial charge is 0.478 e. The first-order chi connectivity index (χ1) is 9.66. The van der Waals surface area contributed by atoms with Gasteiger partial charge in [-0.1, -0.05) is 41.9 Å². The zero-order valence-electron chi connectivity index (χ0n) is 11.0. The lowest BCUT2D eigenvalue weighted by molar-refractivity contribution is 0.0695. The second-order valence-corrected chi connectivity index (χ2v) is 4.95. The summed E-state index contributed by atoms with van der Waals surface area (Å²) in [5, 5.41) is 13.1. The normalized spacial score (nSPS) is 10.4. The van der Waals surface area contributed by atoms with Crippen LogP contribution >= 0.6 is 11.6 Å². The highest BCUT2D eigenvalue weighted by atomic mass is 35.5. The van der Waals surface area contributed by atoms with Crippen molar-refractivity contribution >= 4 is 17.6 Å². The Kier molecular flexibility index (Phi) is 5.16. The number of carbonyl (C=O) groups is 1. The Morgan fingerprint density at radius 3 is 2.50 bits per heavy atom. The fraction of sp³-hybridized carbons (Fsp3) is 0.188. The van der Waals surface area contributed by atoms with E-state index in [9.17, 15) is 4.79 Å². The topological polar surface area (TPSA) is 49.3 Å². The van der Waals surface area contributed by atoms with Gasteiger partial charge in [0.25, 0.3) is 0 Å². The second kappa shape index (κ2) is 7.08. The highest BCUT2D eigenvalue weighted by Gasteiger charge is 2.07. The van der Waals surface area contributed by atoms with Gasteiger partial charge in [-0.25, -0.2) is 4.79 Å². The molecule has 0 saturated heterocycles. The monoisotopic (exact) mass is 289 g/mol. The van der Waals surface area contributed by atoms with E-state index in [1.807, 2.05) is 36.4 Å². The zero-order chi connectivity index (χ0) is 14.4. The zero-order valence-corrected chi connectivity index (χ0v) is 11.7. The molecule has 0 amide bonds. The first kappa shape index (κ1) is 14.6. The smallest absolute Gasteiger partial charge is 0.336 e. The fourth-order valence-electron chi connectivity index (χ4n) is 1.99.